The minimum Gasteiger partial charge on any atom is -0.330 e. The molecule has 1 aromatic heterocycles. The number of fused-ring (bicyclic) bond motifs is 1. The highest BCUT2D eigenvalue weighted by atomic mass is 32.1. The van der Waals surface area contributed by atoms with Gasteiger partial charge in [0.1, 0.15) is 0 Å². The first-order valence-corrected chi connectivity index (χ1v) is 7.97. The molecule has 19 heavy (non-hydrogen) atoms. The number of thiol groups is 1. The third kappa shape index (κ3) is 2.66. The molecule has 0 radical (unpaired) electrons. The molecule has 0 saturated heterocycles. The van der Waals surface area contributed by atoms with Crippen LogP contribution in [0.15, 0.2) is 30.6 Å². The van der Waals surface area contributed by atoms with Gasteiger partial charge < -0.3 is 4.57 Å². The van der Waals surface area contributed by atoms with Crippen molar-refractivity contribution >= 4 is 23.7 Å². The van der Waals surface area contributed by atoms with Crippen LogP contribution >= 0.6 is 12.6 Å². The van der Waals surface area contributed by atoms with Crippen LogP contribution in [0.4, 0.5) is 0 Å². The first kappa shape index (κ1) is 13.0. The Morgan fingerprint density at radius 2 is 1.84 bits per heavy atom. The van der Waals surface area contributed by atoms with Gasteiger partial charge in [0.15, 0.2) is 0 Å². The summed E-state index contributed by atoms with van der Waals surface area (Å²) in [6, 6.07) is 8.41. The third-order valence-corrected chi connectivity index (χ3v) is 5.20. The smallest absolute Gasteiger partial charge is 0.0958 e. The lowest BCUT2D eigenvalue weighted by molar-refractivity contribution is 0.244. The first-order valence-electron chi connectivity index (χ1n) is 7.34. The summed E-state index contributed by atoms with van der Waals surface area (Å²) in [6.07, 6.45) is 10.1. The van der Waals surface area contributed by atoms with Crippen LogP contribution in [0.5, 0.6) is 0 Å². The molecule has 1 aromatic carbocycles. The molecule has 0 amide bonds. The molecule has 0 atom stereocenters. The molecule has 3 heteroatoms. The molecule has 2 nitrogen and oxygen atoms in total. The van der Waals surface area contributed by atoms with Crippen molar-refractivity contribution in [1.29, 1.82) is 0 Å². The Kier molecular flexibility index (Phi) is 3.83. The lowest BCUT2D eigenvalue weighted by Crippen LogP contribution is -2.28. The minimum atomic E-state index is 0.364. The van der Waals surface area contributed by atoms with Gasteiger partial charge in [-0.15, -0.1) is 0 Å². The van der Waals surface area contributed by atoms with Gasteiger partial charge in [0, 0.05) is 6.54 Å². The highest BCUT2D eigenvalue weighted by Crippen LogP contribution is 2.38. The molecular weight excluding hydrogens is 252 g/mol. The van der Waals surface area contributed by atoms with Crippen molar-refractivity contribution in [1.82, 2.24) is 9.55 Å². The molecular formula is C16H22N2S. The maximum Gasteiger partial charge on any atom is 0.0958 e. The molecule has 2 aromatic rings. The number of aromatic nitrogens is 2. The topological polar surface area (TPSA) is 17.8 Å². The van der Waals surface area contributed by atoms with Crippen molar-refractivity contribution in [3.05, 3.63) is 30.6 Å². The van der Waals surface area contributed by atoms with Crippen molar-refractivity contribution in [2.24, 2.45) is 5.41 Å². The fourth-order valence-corrected chi connectivity index (χ4v) is 3.76. The van der Waals surface area contributed by atoms with E-state index >= 15 is 0 Å². The second-order valence-corrected chi connectivity index (χ2v) is 6.25. The molecule has 0 spiro atoms. The van der Waals surface area contributed by atoms with Gasteiger partial charge in [-0.25, -0.2) is 4.98 Å². The van der Waals surface area contributed by atoms with Crippen molar-refractivity contribution in [2.45, 2.75) is 45.1 Å². The molecule has 102 valence electrons. The van der Waals surface area contributed by atoms with E-state index in [0.717, 1.165) is 17.8 Å². The van der Waals surface area contributed by atoms with E-state index in [4.69, 9.17) is 0 Å². The Hall–Kier alpha value is -0.960. The molecule has 1 saturated carbocycles. The van der Waals surface area contributed by atoms with Crippen LogP contribution in [0.25, 0.3) is 11.0 Å². The second-order valence-electron chi connectivity index (χ2n) is 5.93. The predicted octanol–water partition coefficient (Wildman–Crippen LogP) is 4.31. The Labute approximate surface area is 120 Å². The van der Waals surface area contributed by atoms with E-state index in [1.165, 1.54) is 44.0 Å². The molecule has 0 N–H and O–H groups in total. The standard InChI is InChI=1S/C16H22N2S/c19-12-16(9-5-1-2-6-10-16)11-18-13-17-14-7-3-4-8-15(14)18/h3-4,7-8,13,19H,1-2,5-6,9-12H2. The molecule has 1 fully saturated rings. The second kappa shape index (κ2) is 5.58. The zero-order valence-corrected chi connectivity index (χ0v) is 12.3. The average molecular weight is 274 g/mol. The molecule has 1 aliphatic rings. The van der Waals surface area contributed by atoms with E-state index in [-0.39, 0.29) is 0 Å². The van der Waals surface area contributed by atoms with Gasteiger partial charge in [-0.3, -0.25) is 0 Å². The van der Waals surface area contributed by atoms with Crippen LogP contribution in [0.3, 0.4) is 0 Å². The van der Waals surface area contributed by atoms with Crippen LogP contribution in [0.1, 0.15) is 38.5 Å². The summed E-state index contributed by atoms with van der Waals surface area (Å²) in [4.78, 5) is 4.51. The maximum absolute atomic E-state index is 4.67. The summed E-state index contributed by atoms with van der Waals surface area (Å²) >= 11 is 4.67. The fraction of sp³-hybridized carbons (Fsp3) is 0.562. The highest BCUT2D eigenvalue weighted by molar-refractivity contribution is 7.80. The van der Waals surface area contributed by atoms with Crippen molar-refractivity contribution < 1.29 is 0 Å². The molecule has 1 aliphatic carbocycles. The van der Waals surface area contributed by atoms with Gasteiger partial charge in [0.25, 0.3) is 0 Å². The Morgan fingerprint density at radius 3 is 2.58 bits per heavy atom. The lowest BCUT2D eigenvalue weighted by Gasteiger charge is -2.31. The summed E-state index contributed by atoms with van der Waals surface area (Å²) in [5.41, 5.74) is 2.72. The van der Waals surface area contributed by atoms with E-state index in [1.54, 1.807) is 0 Å². The van der Waals surface area contributed by atoms with Crippen LogP contribution in [0, 0.1) is 5.41 Å². The van der Waals surface area contributed by atoms with Crippen molar-refractivity contribution in [3.8, 4) is 0 Å². The monoisotopic (exact) mass is 274 g/mol. The van der Waals surface area contributed by atoms with Crippen molar-refractivity contribution in [3.63, 3.8) is 0 Å². The summed E-state index contributed by atoms with van der Waals surface area (Å²) in [6.45, 7) is 1.07. The molecule has 0 unspecified atom stereocenters. The van der Waals surface area contributed by atoms with Crippen LogP contribution in [-0.2, 0) is 6.54 Å². The minimum absolute atomic E-state index is 0.364. The number of imidazole rings is 1. The fourth-order valence-electron chi connectivity index (χ4n) is 3.34. The maximum atomic E-state index is 4.67. The number of rotatable bonds is 3. The number of hydrogen-bond acceptors (Lipinski definition) is 2. The van der Waals surface area contributed by atoms with Gasteiger partial charge in [0.05, 0.1) is 17.4 Å². The van der Waals surface area contributed by atoms with Gasteiger partial charge in [-0.05, 0) is 36.1 Å². The van der Waals surface area contributed by atoms with Crippen LogP contribution < -0.4 is 0 Å². The SMILES string of the molecule is SCC1(Cn2cnc3ccccc32)CCCCCC1. The third-order valence-electron chi connectivity index (χ3n) is 4.53. The molecule has 1 heterocycles. The van der Waals surface area contributed by atoms with Crippen LogP contribution in [0.2, 0.25) is 0 Å². The predicted molar refractivity (Wildman–Crippen MR) is 83.7 cm³/mol. The number of para-hydroxylation sites is 2. The number of nitrogens with zero attached hydrogens (tertiary/aromatic N) is 2. The van der Waals surface area contributed by atoms with E-state index in [1.807, 2.05) is 6.33 Å². The quantitative estimate of drug-likeness (QED) is 0.652. The summed E-state index contributed by atoms with van der Waals surface area (Å²) in [5.74, 6) is 0.986. The molecule has 3 rings (SSSR count). The largest absolute Gasteiger partial charge is 0.330 e. The Balaban J connectivity index is 1.89. The molecule has 0 aliphatic heterocycles. The van der Waals surface area contributed by atoms with Gasteiger partial charge in [-0.2, -0.15) is 12.6 Å². The van der Waals surface area contributed by atoms with Crippen LogP contribution in [-0.4, -0.2) is 15.3 Å². The Morgan fingerprint density at radius 1 is 1.11 bits per heavy atom. The number of benzene rings is 1. The zero-order chi connectivity index (χ0) is 13.1. The van der Waals surface area contributed by atoms with Crippen molar-refractivity contribution in [2.75, 3.05) is 5.75 Å². The van der Waals surface area contributed by atoms with E-state index in [0.29, 0.717) is 5.41 Å². The van der Waals surface area contributed by atoms with E-state index < -0.39 is 0 Å². The number of hydrogen-bond donors (Lipinski definition) is 1. The summed E-state index contributed by atoms with van der Waals surface area (Å²) in [7, 11) is 0. The molecule has 0 bridgehead atoms. The van der Waals surface area contributed by atoms with E-state index in [2.05, 4.69) is 46.4 Å². The van der Waals surface area contributed by atoms with E-state index in [9.17, 15) is 0 Å². The normalized spacial score (nSPS) is 19.4. The van der Waals surface area contributed by atoms with Gasteiger partial charge in [-0.1, -0.05) is 37.8 Å². The average Bonchev–Trinajstić information content (AvgIpc) is 2.70. The first-order chi connectivity index (χ1) is 9.33. The summed E-state index contributed by atoms with van der Waals surface area (Å²) in [5, 5.41) is 0. The zero-order valence-electron chi connectivity index (χ0n) is 11.4. The van der Waals surface area contributed by atoms with Gasteiger partial charge in [0.2, 0.25) is 0 Å². The highest BCUT2D eigenvalue weighted by Gasteiger charge is 2.30. The lowest BCUT2D eigenvalue weighted by atomic mass is 9.82. The van der Waals surface area contributed by atoms with Gasteiger partial charge >= 0.3 is 0 Å². The Bertz CT molecular complexity index is 538. The summed E-state index contributed by atoms with van der Waals surface area (Å²) < 4.78 is 2.33.